The summed E-state index contributed by atoms with van der Waals surface area (Å²) in [5, 5.41) is 2.57. The highest BCUT2D eigenvalue weighted by molar-refractivity contribution is 5.90. The zero-order valence-electron chi connectivity index (χ0n) is 15.2. The number of hydrogen-bond donors (Lipinski definition) is 0. The van der Waals surface area contributed by atoms with Crippen LogP contribution >= 0.6 is 12.4 Å². The van der Waals surface area contributed by atoms with Crippen LogP contribution in [0.3, 0.4) is 0 Å². The highest BCUT2D eigenvalue weighted by Crippen LogP contribution is 2.30. The van der Waals surface area contributed by atoms with Crippen LogP contribution in [0.25, 0.3) is 10.8 Å². The summed E-state index contributed by atoms with van der Waals surface area (Å²) in [6, 6.07) is 12.9. The topological polar surface area (TPSA) is 12.5 Å². The Balaban J connectivity index is 0.00000208. The summed E-state index contributed by atoms with van der Waals surface area (Å²) >= 11 is 0. The largest absolute Gasteiger partial charge is 0.496 e. The van der Waals surface area contributed by atoms with Crippen molar-refractivity contribution in [1.29, 1.82) is 0 Å². The Kier molecular flexibility index (Phi) is 6.54. The molecule has 1 aliphatic heterocycles. The van der Waals surface area contributed by atoms with Crippen LogP contribution in [-0.4, -0.2) is 31.6 Å². The zero-order valence-corrected chi connectivity index (χ0v) is 16.0. The molecule has 1 heterocycles. The van der Waals surface area contributed by atoms with Crippen molar-refractivity contribution in [2.24, 2.45) is 5.41 Å². The molecule has 0 saturated carbocycles. The molecular weight excluding hydrogens is 318 g/mol. The quantitative estimate of drug-likeness (QED) is 0.725. The van der Waals surface area contributed by atoms with Crippen LogP contribution in [0.1, 0.15) is 38.7 Å². The first-order valence-corrected chi connectivity index (χ1v) is 8.86. The van der Waals surface area contributed by atoms with Gasteiger partial charge in [-0.05, 0) is 61.2 Å². The number of halogens is 1. The second-order valence-electron chi connectivity index (χ2n) is 7.62. The summed E-state index contributed by atoms with van der Waals surface area (Å²) in [5.74, 6) is 0.974. The van der Waals surface area contributed by atoms with Crippen LogP contribution in [-0.2, 0) is 6.42 Å². The Labute approximate surface area is 152 Å². The Morgan fingerprint density at radius 1 is 1.08 bits per heavy atom. The fourth-order valence-electron chi connectivity index (χ4n) is 3.97. The van der Waals surface area contributed by atoms with Crippen molar-refractivity contribution >= 4 is 23.2 Å². The molecule has 2 aromatic carbocycles. The summed E-state index contributed by atoms with van der Waals surface area (Å²) < 4.78 is 5.50. The molecule has 0 aliphatic carbocycles. The van der Waals surface area contributed by atoms with Crippen molar-refractivity contribution < 1.29 is 4.74 Å². The third kappa shape index (κ3) is 4.43. The Hall–Kier alpha value is -1.25. The lowest BCUT2D eigenvalue weighted by Gasteiger charge is -2.38. The fraction of sp³-hybridized carbons (Fsp3) is 0.524. The number of piperidine rings is 1. The Morgan fingerprint density at radius 2 is 1.83 bits per heavy atom. The van der Waals surface area contributed by atoms with Gasteiger partial charge in [0.15, 0.2) is 0 Å². The monoisotopic (exact) mass is 347 g/mol. The average molecular weight is 348 g/mol. The number of fused-ring (bicyclic) bond motifs is 1. The summed E-state index contributed by atoms with van der Waals surface area (Å²) in [6.07, 6.45) is 5.08. The molecule has 3 heteroatoms. The van der Waals surface area contributed by atoms with E-state index >= 15 is 0 Å². The molecule has 1 aliphatic rings. The molecule has 0 N–H and O–H groups in total. The molecule has 0 unspecified atom stereocenters. The van der Waals surface area contributed by atoms with Gasteiger partial charge in [-0.1, -0.05) is 44.2 Å². The van der Waals surface area contributed by atoms with Crippen LogP contribution in [0.5, 0.6) is 5.75 Å². The van der Waals surface area contributed by atoms with Crippen molar-refractivity contribution in [3.63, 3.8) is 0 Å². The molecule has 0 radical (unpaired) electrons. The fourth-order valence-corrected chi connectivity index (χ4v) is 3.97. The molecule has 1 fully saturated rings. The van der Waals surface area contributed by atoms with Gasteiger partial charge in [0, 0.05) is 11.9 Å². The maximum absolute atomic E-state index is 5.50. The van der Waals surface area contributed by atoms with Gasteiger partial charge in [-0.15, -0.1) is 12.4 Å². The lowest BCUT2D eigenvalue weighted by molar-refractivity contribution is 0.117. The normalized spacial score (nSPS) is 17.5. The molecule has 2 aromatic rings. The maximum atomic E-state index is 5.50. The lowest BCUT2D eigenvalue weighted by atomic mass is 9.84. The second kappa shape index (κ2) is 8.22. The van der Waals surface area contributed by atoms with E-state index < -0.39 is 0 Å². The Morgan fingerprint density at radius 3 is 2.58 bits per heavy atom. The number of nitrogens with zero attached hydrogens (tertiary/aromatic N) is 1. The van der Waals surface area contributed by atoms with Crippen molar-refractivity contribution in [2.45, 2.75) is 39.5 Å². The summed E-state index contributed by atoms with van der Waals surface area (Å²) in [4.78, 5) is 2.65. The number of benzene rings is 2. The minimum absolute atomic E-state index is 0. The summed E-state index contributed by atoms with van der Waals surface area (Å²) in [5.41, 5.74) is 1.93. The van der Waals surface area contributed by atoms with E-state index in [9.17, 15) is 0 Å². The van der Waals surface area contributed by atoms with Crippen molar-refractivity contribution in [3.8, 4) is 5.75 Å². The molecule has 0 spiro atoms. The summed E-state index contributed by atoms with van der Waals surface area (Å²) in [6.45, 7) is 8.53. The van der Waals surface area contributed by atoms with Gasteiger partial charge < -0.3 is 9.64 Å². The predicted molar refractivity (Wildman–Crippen MR) is 106 cm³/mol. The number of ether oxygens (including phenoxy) is 1. The number of methoxy groups -OCH3 is 1. The van der Waals surface area contributed by atoms with Crippen LogP contribution in [0.15, 0.2) is 36.4 Å². The van der Waals surface area contributed by atoms with Gasteiger partial charge >= 0.3 is 0 Å². The van der Waals surface area contributed by atoms with Gasteiger partial charge in [-0.25, -0.2) is 0 Å². The number of hydrogen-bond acceptors (Lipinski definition) is 2. The van der Waals surface area contributed by atoms with E-state index in [1.807, 2.05) is 6.07 Å². The van der Waals surface area contributed by atoms with Crippen molar-refractivity contribution in [1.82, 2.24) is 4.90 Å². The third-order valence-electron chi connectivity index (χ3n) is 5.09. The average Bonchev–Trinajstić information content (AvgIpc) is 2.53. The minimum Gasteiger partial charge on any atom is -0.496 e. The van der Waals surface area contributed by atoms with E-state index in [1.165, 1.54) is 55.2 Å². The van der Waals surface area contributed by atoms with Gasteiger partial charge in [-0.3, -0.25) is 0 Å². The van der Waals surface area contributed by atoms with E-state index in [1.54, 1.807) is 7.11 Å². The molecule has 0 amide bonds. The van der Waals surface area contributed by atoms with Gasteiger partial charge in [-0.2, -0.15) is 0 Å². The maximum Gasteiger partial charge on any atom is 0.126 e. The molecule has 0 aromatic heterocycles. The van der Waals surface area contributed by atoms with E-state index in [4.69, 9.17) is 4.74 Å². The first-order valence-electron chi connectivity index (χ1n) is 8.86. The molecular formula is C21H30ClNO. The van der Waals surface area contributed by atoms with Crippen LogP contribution in [0.4, 0.5) is 0 Å². The smallest absolute Gasteiger partial charge is 0.126 e. The highest BCUT2D eigenvalue weighted by Gasteiger charge is 2.25. The second-order valence-corrected chi connectivity index (χ2v) is 7.62. The molecule has 2 nitrogen and oxygen atoms in total. The zero-order chi connectivity index (χ0) is 16.3. The van der Waals surface area contributed by atoms with Crippen molar-refractivity contribution in [3.05, 3.63) is 42.0 Å². The first kappa shape index (κ1) is 19.1. The van der Waals surface area contributed by atoms with Crippen LogP contribution in [0, 0.1) is 5.41 Å². The predicted octanol–water partition coefficient (Wildman–Crippen LogP) is 5.32. The van der Waals surface area contributed by atoms with E-state index in [0.29, 0.717) is 5.41 Å². The van der Waals surface area contributed by atoms with Gasteiger partial charge in [0.25, 0.3) is 0 Å². The Bertz CT molecular complexity index is 668. The van der Waals surface area contributed by atoms with Gasteiger partial charge in [0.1, 0.15) is 5.75 Å². The van der Waals surface area contributed by atoms with Crippen LogP contribution < -0.4 is 4.74 Å². The SMILES string of the molecule is COc1cccc2c(CCCN3CCCC(C)(C)C3)cccc12.Cl. The van der Waals surface area contributed by atoms with E-state index in [-0.39, 0.29) is 12.4 Å². The molecule has 3 rings (SSSR count). The number of aryl methyl sites for hydroxylation is 1. The molecule has 0 bridgehead atoms. The number of rotatable bonds is 5. The summed E-state index contributed by atoms with van der Waals surface area (Å²) in [7, 11) is 1.75. The van der Waals surface area contributed by atoms with Crippen molar-refractivity contribution in [2.75, 3.05) is 26.7 Å². The third-order valence-corrected chi connectivity index (χ3v) is 5.09. The first-order chi connectivity index (χ1) is 11.1. The van der Waals surface area contributed by atoms with E-state index in [2.05, 4.69) is 49.1 Å². The molecule has 24 heavy (non-hydrogen) atoms. The van der Waals surface area contributed by atoms with E-state index in [0.717, 1.165) is 12.2 Å². The lowest BCUT2D eigenvalue weighted by Crippen LogP contribution is -2.40. The van der Waals surface area contributed by atoms with Crippen LogP contribution in [0.2, 0.25) is 0 Å². The number of likely N-dealkylation sites (tertiary alicyclic amines) is 1. The minimum atomic E-state index is 0. The molecule has 1 saturated heterocycles. The highest BCUT2D eigenvalue weighted by atomic mass is 35.5. The van der Waals surface area contributed by atoms with Gasteiger partial charge in [0.05, 0.1) is 7.11 Å². The molecule has 132 valence electrons. The van der Waals surface area contributed by atoms with Gasteiger partial charge in [0.2, 0.25) is 0 Å². The standard InChI is InChI=1S/C21H29NO.ClH/c1-21(2)13-7-15-22(16-21)14-6-9-17-8-4-11-19-18(17)10-5-12-20(19)23-3;/h4-5,8,10-12H,6-7,9,13-16H2,1-3H3;1H. The molecule has 0 atom stereocenters.